The maximum absolute atomic E-state index is 13.5. The van der Waals surface area contributed by atoms with Crippen molar-refractivity contribution in [1.82, 2.24) is 14.7 Å². The number of fused-ring (bicyclic) bond motifs is 1. The van der Waals surface area contributed by atoms with Crippen molar-refractivity contribution in [1.29, 1.82) is 0 Å². The fraction of sp³-hybridized carbons (Fsp3) is 0.645. The number of carbonyl (C=O) groups is 2. The highest BCUT2D eigenvalue weighted by Gasteiger charge is 2.31. The Bertz CT molecular complexity index is 1150. The molecule has 0 bridgehead atoms. The molecule has 1 saturated heterocycles. The average molecular weight is 572 g/mol. The number of Topliss-reactive ketones (excluding diaryl/α,β-unsaturated/α-hetero) is 1. The first-order chi connectivity index (χ1) is 19.5. The maximum atomic E-state index is 13.5. The fourth-order valence-corrected chi connectivity index (χ4v) is 6.62. The van der Waals surface area contributed by atoms with Crippen molar-refractivity contribution in [2.45, 2.75) is 95.8 Å². The molecule has 0 spiro atoms. The van der Waals surface area contributed by atoms with Crippen LogP contribution in [0.25, 0.3) is 0 Å². The number of hydrogen-bond acceptors (Lipinski definition) is 6. The van der Waals surface area contributed by atoms with Crippen LogP contribution in [0, 0.1) is 5.92 Å². The van der Waals surface area contributed by atoms with Gasteiger partial charge in [-0.1, -0.05) is 23.7 Å². The molecule has 1 aromatic carbocycles. The number of hydrogen-bond donors (Lipinski definition) is 1. The van der Waals surface area contributed by atoms with Gasteiger partial charge in [0.2, 0.25) is 0 Å². The first kappa shape index (κ1) is 29.1. The van der Waals surface area contributed by atoms with Crippen LogP contribution in [0.3, 0.4) is 0 Å². The van der Waals surface area contributed by atoms with E-state index in [4.69, 9.17) is 31.3 Å². The molecule has 2 aromatic rings. The minimum Gasteiger partial charge on any atom is -0.489 e. The average Bonchev–Trinajstić information content (AvgIpc) is 3.35. The molecule has 1 aromatic heterocycles. The predicted octanol–water partition coefficient (Wildman–Crippen LogP) is 5.02. The number of nitrogens with zero attached hydrogens (tertiary/aromatic N) is 3. The van der Waals surface area contributed by atoms with Gasteiger partial charge in [-0.05, 0) is 88.7 Å². The molecule has 1 saturated carbocycles. The summed E-state index contributed by atoms with van der Waals surface area (Å²) in [4.78, 5) is 28.4. The minimum atomic E-state index is -0.0271. The number of halogens is 1. The summed E-state index contributed by atoms with van der Waals surface area (Å²) in [6, 6.07) is 7.61. The van der Waals surface area contributed by atoms with Gasteiger partial charge in [0.05, 0.1) is 37.0 Å². The third-order valence-corrected chi connectivity index (χ3v) is 9.03. The number of aliphatic hydroxyl groups is 1. The highest BCUT2D eigenvalue weighted by molar-refractivity contribution is 6.32. The number of carbonyl (C=O) groups excluding carboxylic acids is 2. The molecule has 0 unspecified atom stereocenters. The van der Waals surface area contributed by atoms with Gasteiger partial charge >= 0.3 is 0 Å². The van der Waals surface area contributed by atoms with Crippen molar-refractivity contribution in [3.8, 4) is 5.75 Å². The van der Waals surface area contributed by atoms with Gasteiger partial charge in [0.25, 0.3) is 5.91 Å². The summed E-state index contributed by atoms with van der Waals surface area (Å²) >= 11 is 6.24. The zero-order valence-electron chi connectivity index (χ0n) is 23.4. The van der Waals surface area contributed by atoms with E-state index < -0.39 is 0 Å². The molecule has 5 rings (SSSR count). The lowest BCUT2D eigenvalue weighted by Crippen LogP contribution is -2.41. The maximum Gasteiger partial charge on any atom is 0.274 e. The predicted molar refractivity (Wildman–Crippen MR) is 153 cm³/mol. The number of likely N-dealkylation sites (tertiary alicyclic amines) is 1. The van der Waals surface area contributed by atoms with E-state index in [0.717, 1.165) is 87.6 Å². The number of rotatable bonds is 11. The Kier molecular flexibility index (Phi) is 10.2. The van der Waals surface area contributed by atoms with Crippen molar-refractivity contribution in [2.75, 3.05) is 26.3 Å². The molecular weight excluding hydrogens is 530 g/mol. The summed E-state index contributed by atoms with van der Waals surface area (Å²) in [6.07, 6.45) is 11.1. The van der Waals surface area contributed by atoms with E-state index >= 15 is 0 Å². The van der Waals surface area contributed by atoms with Gasteiger partial charge in [0.15, 0.2) is 11.5 Å². The molecule has 2 aliphatic carbocycles. The van der Waals surface area contributed by atoms with E-state index in [1.165, 1.54) is 0 Å². The first-order valence-electron chi connectivity index (χ1n) is 15.0. The lowest BCUT2D eigenvalue weighted by atomic mass is 9.84. The highest BCUT2D eigenvalue weighted by Crippen LogP contribution is 2.33. The summed E-state index contributed by atoms with van der Waals surface area (Å²) in [7, 11) is 0. The molecule has 0 radical (unpaired) electrons. The molecule has 2 fully saturated rings. The third-order valence-electron chi connectivity index (χ3n) is 8.72. The normalized spacial score (nSPS) is 21.7. The van der Waals surface area contributed by atoms with Crippen LogP contribution in [0.1, 0.15) is 86.0 Å². The zero-order valence-corrected chi connectivity index (χ0v) is 24.1. The van der Waals surface area contributed by atoms with Crippen LogP contribution in [-0.2, 0) is 28.9 Å². The Labute approximate surface area is 242 Å². The lowest BCUT2D eigenvalue weighted by Gasteiger charge is -2.31. The standard InChI is InChI=1S/C31H42ClN3O5/c32-27-6-2-4-8-29(27)40-25-13-10-22(11-14-25)9-12-23(37)21-35-28-7-3-1-5-26(28)30(33-35)31(38)34-17-15-24(16-18-34)39-20-19-36/h2,4,6,8,22,24-25,36H,1,3,5,7,9-21H2. The number of aliphatic hydroxyl groups excluding tert-OH is 1. The third kappa shape index (κ3) is 7.25. The molecule has 40 heavy (non-hydrogen) atoms. The first-order valence-corrected chi connectivity index (χ1v) is 15.4. The van der Waals surface area contributed by atoms with E-state index in [0.29, 0.717) is 42.8 Å². The number of ether oxygens (including phenoxy) is 2. The second kappa shape index (κ2) is 14.0. The van der Waals surface area contributed by atoms with Crippen molar-refractivity contribution < 1.29 is 24.2 Å². The number of benzene rings is 1. The smallest absolute Gasteiger partial charge is 0.274 e. The van der Waals surface area contributed by atoms with E-state index in [9.17, 15) is 9.59 Å². The molecule has 9 heteroatoms. The molecule has 3 aliphatic rings. The topological polar surface area (TPSA) is 93.9 Å². The molecule has 1 aliphatic heterocycles. The number of aromatic nitrogens is 2. The van der Waals surface area contributed by atoms with Gasteiger partial charge < -0.3 is 19.5 Å². The Morgan fingerprint density at radius 1 is 1.00 bits per heavy atom. The van der Waals surface area contributed by atoms with Gasteiger partial charge in [0.1, 0.15) is 5.75 Å². The Morgan fingerprint density at radius 2 is 1.75 bits per heavy atom. The van der Waals surface area contributed by atoms with Gasteiger partial charge in [-0.3, -0.25) is 14.3 Å². The van der Waals surface area contributed by atoms with Crippen molar-refractivity contribution in [2.24, 2.45) is 5.92 Å². The van der Waals surface area contributed by atoms with E-state index in [1.54, 1.807) is 0 Å². The molecule has 2 heterocycles. The monoisotopic (exact) mass is 571 g/mol. The lowest BCUT2D eigenvalue weighted by molar-refractivity contribution is -0.120. The Hall–Kier alpha value is -2.42. The van der Waals surface area contributed by atoms with Gasteiger partial charge in [0, 0.05) is 30.8 Å². The van der Waals surface area contributed by atoms with Crippen LogP contribution in [0.5, 0.6) is 5.75 Å². The Balaban J connectivity index is 1.11. The molecule has 1 N–H and O–H groups in total. The summed E-state index contributed by atoms with van der Waals surface area (Å²) in [5, 5.41) is 14.4. The molecule has 1 amide bonds. The van der Waals surface area contributed by atoms with Crippen molar-refractivity contribution >= 4 is 23.3 Å². The molecule has 8 nitrogen and oxygen atoms in total. The highest BCUT2D eigenvalue weighted by atomic mass is 35.5. The van der Waals surface area contributed by atoms with Crippen LogP contribution in [0.4, 0.5) is 0 Å². The van der Waals surface area contributed by atoms with Crippen LogP contribution in [0.2, 0.25) is 5.02 Å². The summed E-state index contributed by atoms with van der Waals surface area (Å²) in [5.74, 6) is 1.44. The summed E-state index contributed by atoms with van der Waals surface area (Å²) in [6.45, 7) is 1.85. The summed E-state index contributed by atoms with van der Waals surface area (Å²) in [5.41, 5.74) is 2.65. The van der Waals surface area contributed by atoms with Crippen molar-refractivity contribution in [3.05, 3.63) is 46.2 Å². The quantitative estimate of drug-likeness (QED) is 0.407. The zero-order chi connectivity index (χ0) is 27.9. The number of piperidine rings is 1. The summed E-state index contributed by atoms with van der Waals surface area (Å²) < 4.78 is 13.6. The SMILES string of the molecule is O=C(CCC1CCC(Oc2ccccc2Cl)CC1)Cn1nc(C(=O)N2CCC(OCCO)CC2)c2c1CCCC2. The second-order valence-corrected chi connectivity index (χ2v) is 11.9. The second-order valence-electron chi connectivity index (χ2n) is 11.5. The molecule has 218 valence electrons. The van der Waals surface area contributed by atoms with E-state index in [1.807, 2.05) is 33.8 Å². The molecular formula is C31H42ClN3O5. The van der Waals surface area contributed by atoms with E-state index in [-0.39, 0.29) is 37.0 Å². The van der Waals surface area contributed by atoms with Crippen LogP contribution in [-0.4, -0.2) is 70.0 Å². The number of ketones is 1. The minimum absolute atomic E-state index is 0.0159. The van der Waals surface area contributed by atoms with Crippen LogP contribution >= 0.6 is 11.6 Å². The number of para-hydroxylation sites is 1. The van der Waals surface area contributed by atoms with Gasteiger partial charge in [-0.15, -0.1) is 0 Å². The molecule has 0 atom stereocenters. The fourth-order valence-electron chi connectivity index (χ4n) is 6.44. The largest absolute Gasteiger partial charge is 0.489 e. The Morgan fingerprint density at radius 3 is 2.50 bits per heavy atom. The van der Waals surface area contributed by atoms with Gasteiger partial charge in [-0.2, -0.15) is 5.10 Å². The van der Waals surface area contributed by atoms with Crippen molar-refractivity contribution in [3.63, 3.8) is 0 Å². The van der Waals surface area contributed by atoms with Gasteiger partial charge in [-0.25, -0.2) is 0 Å². The van der Waals surface area contributed by atoms with Crippen LogP contribution in [0.15, 0.2) is 24.3 Å². The number of amides is 1. The van der Waals surface area contributed by atoms with E-state index in [2.05, 4.69) is 0 Å². The van der Waals surface area contributed by atoms with Crippen LogP contribution < -0.4 is 4.74 Å².